The largest absolute Gasteiger partial charge is 0.488 e. The van der Waals surface area contributed by atoms with Crippen LogP contribution in [0.4, 0.5) is 0 Å². The number of likely N-dealkylation sites (tertiary alicyclic amines) is 1. The van der Waals surface area contributed by atoms with Gasteiger partial charge in [-0.05, 0) is 54.0 Å². The van der Waals surface area contributed by atoms with Crippen molar-refractivity contribution in [2.24, 2.45) is 0 Å². The summed E-state index contributed by atoms with van der Waals surface area (Å²) in [6.45, 7) is 6.36. The van der Waals surface area contributed by atoms with Gasteiger partial charge in [0.05, 0.1) is 0 Å². The van der Waals surface area contributed by atoms with Gasteiger partial charge in [-0.1, -0.05) is 62.4 Å². The van der Waals surface area contributed by atoms with E-state index in [4.69, 9.17) is 0 Å². The second kappa shape index (κ2) is 12.3. The van der Waals surface area contributed by atoms with Gasteiger partial charge < -0.3 is 20.3 Å². The van der Waals surface area contributed by atoms with Crippen LogP contribution in [0.1, 0.15) is 49.3 Å². The lowest BCUT2D eigenvalue weighted by molar-refractivity contribution is -0.126. The molecule has 1 heterocycles. The molecule has 1 aliphatic rings. The highest BCUT2D eigenvalue weighted by Gasteiger charge is 2.22. The Kier molecular flexibility index (Phi) is 9.81. The fourth-order valence-corrected chi connectivity index (χ4v) is 3.69. The first-order valence-corrected chi connectivity index (χ1v) is 10.7. The molecule has 0 bridgehead atoms. The highest BCUT2D eigenvalue weighted by Crippen LogP contribution is 2.28. The van der Waals surface area contributed by atoms with Crippen LogP contribution in [-0.4, -0.2) is 48.1 Å². The van der Waals surface area contributed by atoms with E-state index in [-0.39, 0.29) is 5.91 Å². The number of amides is 1. The minimum atomic E-state index is -1.50. The summed E-state index contributed by atoms with van der Waals surface area (Å²) in [5.74, 6) is 0.491. The molecule has 0 aliphatic carbocycles. The topological polar surface area (TPSA) is 72.8 Å². The average molecular weight is 408 g/mol. The van der Waals surface area contributed by atoms with E-state index in [1.54, 1.807) is 30.4 Å². The van der Waals surface area contributed by atoms with Crippen LogP contribution in [0.5, 0.6) is 0 Å². The Labute approximate surface area is 180 Å². The van der Waals surface area contributed by atoms with Gasteiger partial charge in [-0.2, -0.15) is 0 Å². The highest BCUT2D eigenvalue weighted by atomic mass is 16.4. The summed E-state index contributed by atoms with van der Waals surface area (Å²) in [6.07, 6.45) is 5.22. The van der Waals surface area contributed by atoms with Gasteiger partial charge in [-0.3, -0.25) is 4.79 Å². The van der Waals surface area contributed by atoms with E-state index >= 15 is 0 Å². The molecule has 0 saturated carbocycles. The Hall–Kier alpha value is -2.41. The zero-order chi connectivity index (χ0) is 21.9. The fourth-order valence-electron chi connectivity index (χ4n) is 3.69. The molecule has 5 nitrogen and oxygen atoms in total. The maximum atomic E-state index is 12.5. The molecule has 1 fully saturated rings. The molecule has 2 aromatic carbocycles. The van der Waals surface area contributed by atoms with Crippen LogP contribution in [0.2, 0.25) is 0 Å². The molecule has 0 unspecified atom stereocenters. The summed E-state index contributed by atoms with van der Waals surface area (Å²) in [5, 5.41) is 21.7. The third-order valence-electron chi connectivity index (χ3n) is 5.24. The SMILES string of the molecule is CC.CNCc1cccc(C2CCN(C(=O)/C=C/c3cccc(B(O)O)c3)CC2)c1. The monoisotopic (exact) mass is 408 g/mol. The highest BCUT2D eigenvalue weighted by molar-refractivity contribution is 6.58. The van der Waals surface area contributed by atoms with E-state index in [2.05, 4.69) is 29.6 Å². The van der Waals surface area contributed by atoms with Crippen LogP contribution in [0.3, 0.4) is 0 Å². The van der Waals surface area contributed by atoms with Crippen molar-refractivity contribution in [3.05, 3.63) is 71.3 Å². The number of hydrogen-bond donors (Lipinski definition) is 3. The Balaban J connectivity index is 0.00000155. The Morgan fingerprint density at radius 2 is 1.83 bits per heavy atom. The van der Waals surface area contributed by atoms with Crippen molar-refractivity contribution in [2.45, 2.75) is 39.2 Å². The predicted octanol–water partition coefficient (Wildman–Crippen LogP) is 2.53. The maximum Gasteiger partial charge on any atom is 0.488 e. The van der Waals surface area contributed by atoms with E-state index in [0.717, 1.165) is 38.0 Å². The molecule has 3 rings (SSSR count). The standard InChI is InChI=1S/C22H27BN2O3.C2H6/c1-24-16-18-5-2-6-20(14-18)19-10-12-25(13-11-19)22(26)9-8-17-4-3-7-21(15-17)23(27)28;1-2/h2-9,14-15,19,24,27-28H,10-13,16H2,1H3;1-2H3/b9-8+;. The summed E-state index contributed by atoms with van der Waals surface area (Å²) < 4.78 is 0. The lowest BCUT2D eigenvalue weighted by Crippen LogP contribution is -2.36. The van der Waals surface area contributed by atoms with Crippen LogP contribution in [0.25, 0.3) is 6.08 Å². The van der Waals surface area contributed by atoms with Gasteiger partial charge in [-0.15, -0.1) is 0 Å². The third kappa shape index (κ3) is 6.83. The number of piperidine rings is 1. The van der Waals surface area contributed by atoms with Gasteiger partial charge in [0.2, 0.25) is 5.91 Å². The molecule has 0 aromatic heterocycles. The van der Waals surface area contributed by atoms with E-state index < -0.39 is 7.12 Å². The molecule has 160 valence electrons. The lowest BCUT2D eigenvalue weighted by atomic mass is 9.79. The smallest absolute Gasteiger partial charge is 0.423 e. The van der Waals surface area contributed by atoms with Crippen LogP contribution < -0.4 is 10.8 Å². The zero-order valence-electron chi connectivity index (χ0n) is 18.2. The lowest BCUT2D eigenvalue weighted by Gasteiger charge is -2.31. The predicted molar refractivity (Wildman–Crippen MR) is 124 cm³/mol. The summed E-state index contributed by atoms with van der Waals surface area (Å²) in [5.41, 5.74) is 3.83. The number of carbonyl (C=O) groups excluding carboxylic acids is 1. The summed E-state index contributed by atoms with van der Waals surface area (Å²) in [6, 6.07) is 15.6. The minimum Gasteiger partial charge on any atom is -0.423 e. The van der Waals surface area contributed by atoms with E-state index in [1.807, 2.05) is 31.9 Å². The molecule has 0 atom stereocenters. The van der Waals surface area contributed by atoms with Crippen molar-refractivity contribution >= 4 is 24.6 Å². The molecule has 0 radical (unpaired) electrons. The van der Waals surface area contributed by atoms with Gasteiger partial charge in [0.25, 0.3) is 0 Å². The molecule has 30 heavy (non-hydrogen) atoms. The number of nitrogens with one attached hydrogen (secondary N) is 1. The first-order chi connectivity index (χ1) is 14.6. The Morgan fingerprint density at radius 3 is 2.50 bits per heavy atom. The van der Waals surface area contributed by atoms with Crippen molar-refractivity contribution in [2.75, 3.05) is 20.1 Å². The number of nitrogens with zero attached hydrogens (tertiary/aromatic N) is 1. The quantitative estimate of drug-likeness (QED) is 0.508. The first kappa shape index (κ1) is 23.9. The van der Waals surface area contributed by atoms with E-state index in [9.17, 15) is 14.8 Å². The number of carbonyl (C=O) groups is 1. The Bertz CT molecular complexity index is 831. The van der Waals surface area contributed by atoms with Crippen molar-refractivity contribution < 1.29 is 14.8 Å². The minimum absolute atomic E-state index is 0.00247. The molecular weight excluding hydrogens is 375 g/mol. The van der Waals surface area contributed by atoms with Gasteiger partial charge in [0, 0.05) is 25.7 Å². The van der Waals surface area contributed by atoms with Crippen LogP contribution in [0, 0.1) is 0 Å². The van der Waals surface area contributed by atoms with Crippen LogP contribution in [0.15, 0.2) is 54.6 Å². The van der Waals surface area contributed by atoms with Crippen molar-refractivity contribution in [1.29, 1.82) is 0 Å². The van der Waals surface area contributed by atoms with Gasteiger partial charge in [-0.25, -0.2) is 0 Å². The van der Waals surface area contributed by atoms with Gasteiger partial charge >= 0.3 is 7.12 Å². The molecular formula is C24H33BN2O3. The Morgan fingerprint density at radius 1 is 1.13 bits per heavy atom. The van der Waals surface area contributed by atoms with Crippen LogP contribution in [-0.2, 0) is 11.3 Å². The van der Waals surface area contributed by atoms with Gasteiger partial charge in [0.1, 0.15) is 0 Å². The zero-order valence-corrected chi connectivity index (χ0v) is 18.2. The van der Waals surface area contributed by atoms with Crippen molar-refractivity contribution in [3.63, 3.8) is 0 Å². The molecule has 1 aliphatic heterocycles. The van der Waals surface area contributed by atoms with E-state index in [0.29, 0.717) is 11.4 Å². The second-order valence-corrected chi connectivity index (χ2v) is 7.25. The summed E-state index contributed by atoms with van der Waals surface area (Å²) >= 11 is 0. The summed E-state index contributed by atoms with van der Waals surface area (Å²) in [7, 11) is 0.446. The van der Waals surface area contributed by atoms with Crippen molar-refractivity contribution in [3.8, 4) is 0 Å². The third-order valence-corrected chi connectivity index (χ3v) is 5.24. The number of rotatable bonds is 6. The molecule has 6 heteroatoms. The average Bonchev–Trinajstić information content (AvgIpc) is 2.79. The second-order valence-electron chi connectivity index (χ2n) is 7.25. The molecule has 3 N–H and O–H groups in total. The molecule has 1 saturated heterocycles. The maximum absolute atomic E-state index is 12.5. The number of benzene rings is 2. The number of hydrogen-bond acceptors (Lipinski definition) is 4. The molecule has 1 amide bonds. The van der Waals surface area contributed by atoms with Gasteiger partial charge in [0.15, 0.2) is 0 Å². The van der Waals surface area contributed by atoms with Crippen LogP contribution >= 0.6 is 0 Å². The first-order valence-electron chi connectivity index (χ1n) is 10.7. The fraction of sp³-hybridized carbons (Fsp3) is 0.375. The summed E-state index contributed by atoms with van der Waals surface area (Å²) in [4.78, 5) is 14.4. The van der Waals surface area contributed by atoms with Crippen molar-refractivity contribution in [1.82, 2.24) is 10.2 Å². The normalized spacial score (nSPS) is 14.4. The molecule has 2 aromatic rings. The van der Waals surface area contributed by atoms with E-state index in [1.165, 1.54) is 11.1 Å². The molecule has 0 spiro atoms.